The van der Waals surface area contributed by atoms with Crippen LogP contribution in [-0.2, 0) is 0 Å². The van der Waals surface area contributed by atoms with Gasteiger partial charge in [-0.2, -0.15) is 5.26 Å². The maximum atomic E-state index is 9.33. The molecule has 0 N–H and O–H groups in total. The topological polar surface area (TPSA) is 23.8 Å². The molecule has 1 unspecified atom stereocenters. The van der Waals surface area contributed by atoms with Gasteiger partial charge in [0.05, 0.1) is 11.5 Å². The van der Waals surface area contributed by atoms with Crippen LogP contribution in [0.2, 0.25) is 0 Å². The zero-order valence-corrected chi connectivity index (χ0v) is 10.7. The van der Waals surface area contributed by atoms with Gasteiger partial charge in [0.25, 0.3) is 0 Å². The molecule has 1 atom stereocenters. The number of rotatable bonds is 5. The average Bonchev–Trinajstić information content (AvgIpc) is 2.24. The lowest BCUT2D eigenvalue weighted by atomic mass is 9.77. The second-order valence-electron chi connectivity index (χ2n) is 4.54. The van der Waals surface area contributed by atoms with Crippen molar-refractivity contribution < 1.29 is 0 Å². The first-order valence-electron chi connectivity index (χ1n) is 5.66. The minimum atomic E-state index is -0.201. The van der Waals surface area contributed by atoms with Crippen LogP contribution in [0.25, 0.3) is 0 Å². The number of hydrogen-bond donors (Lipinski definition) is 0. The Morgan fingerprint density at radius 3 is 2.27 bits per heavy atom. The highest BCUT2D eigenvalue weighted by molar-refractivity contribution is 5.12. The van der Waals surface area contributed by atoms with Gasteiger partial charge in [0.1, 0.15) is 0 Å². The molecular formula is C14H23N. The van der Waals surface area contributed by atoms with Gasteiger partial charge in [-0.1, -0.05) is 30.2 Å². The van der Waals surface area contributed by atoms with Gasteiger partial charge >= 0.3 is 0 Å². The maximum absolute atomic E-state index is 9.33. The van der Waals surface area contributed by atoms with Gasteiger partial charge in [-0.15, -0.1) is 0 Å². The van der Waals surface area contributed by atoms with E-state index < -0.39 is 0 Å². The molecule has 0 aromatic heterocycles. The molecule has 0 aliphatic carbocycles. The summed E-state index contributed by atoms with van der Waals surface area (Å²) >= 11 is 0. The standard InChI is InChI=1S/C14H23N/c1-6-13(5)10-14(7-2,11-15)9-8-12(3)4/h6,8H,7,9-10H2,1-5H3. The molecule has 0 saturated heterocycles. The summed E-state index contributed by atoms with van der Waals surface area (Å²) in [7, 11) is 0. The Morgan fingerprint density at radius 2 is 1.93 bits per heavy atom. The van der Waals surface area contributed by atoms with Crippen molar-refractivity contribution in [2.24, 2.45) is 5.41 Å². The Labute approximate surface area is 94.5 Å². The van der Waals surface area contributed by atoms with E-state index in [1.165, 1.54) is 11.1 Å². The van der Waals surface area contributed by atoms with Crippen molar-refractivity contribution in [3.05, 3.63) is 23.3 Å². The molecule has 0 bridgehead atoms. The van der Waals surface area contributed by atoms with Gasteiger partial charge in [0, 0.05) is 0 Å². The first-order chi connectivity index (χ1) is 6.99. The van der Waals surface area contributed by atoms with E-state index in [1.807, 2.05) is 6.92 Å². The zero-order chi connectivity index (χ0) is 11.9. The summed E-state index contributed by atoms with van der Waals surface area (Å²) < 4.78 is 0. The van der Waals surface area contributed by atoms with Gasteiger partial charge < -0.3 is 0 Å². The normalized spacial score (nSPS) is 15.3. The fraction of sp³-hybridized carbons (Fsp3) is 0.643. The summed E-state index contributed by atoms with van der Waals surface area (Å²) in [6, 6.07) is 2.50. The van der Waals surface area contributed by atoms with Crippen LogP contribution >= 0.6 is 0 Å². The molecule has 0 aliphatic heterocycles. The van der Waals surface area contributed by atoms with Gasteiger partial charge in [0.2, 0.25) is 0 Å². The molecule has 84 valence electrons. The Hall–Kier alpha value is -1.03. The molecule has 0 aliphatic rings. The second kappa shape index (κ2) is 6.45. The van der Waals surface area contributed by atoms with E-state index in [2.05, 4.69) is 45.9 Å². The highest BCUT2D eigenvalue weighted by atomic mass is 14.4. The molecule has 0 heterocycles. The summed E-state index contributed by atoms with van der Waals surface area (Å²) in [6.07, 6.45) is 6.95. The first kappa shape index (κ1) is 14.0. The molecule has 0 amide bonds. The molecule has 0 aromatic rings. The van der Waals surface area contributed by atoms with Crippen LogP contribution < -0.4 is 0 Å². The minimum Gasteiger partial charge on any atom is -0.198 e. The van der Waals surface area contributed by atoms with Crippen LogP contribution in [0.3, 0.4) is 0 Å². The molecule has 15 heavy (non-hydrogen) atoms. The van der Waals surface area contributed by atoms with Crippen LogP contribution in [0.4, 0.5) is 0 Å². The lowest BCUT2D eigenvalue weighted by molar-refractivity contribution is 0.380. The van der Waals surface area contributed by atoms with Crippen LogP contribution in [0, 0.1) is 16.7 Å². The molecule has 1 heteroatoms. The summed E-state index contributed by atoms with van der Waals surface area (Å²) in [4.78, 5) is 0. The van der Waals surface area contributed by atoms with E-state index in [9.17, 15) is 5.26 Å². The van der Waals surface area contributed by atoms with E-state index in [4.69, 9.17) is 0 Å². The van der Waals surface area contributed by atoms with E-state index in [0.717, 1.165) is 19.3 Å². The molecule has 0 radical (unpaired) electrons. The van der Waals surface area contributed by atoms with Crippen molar-refractivity contribution in [3.63, 3.8) is 0 Å². The molecule has 0 saturated carbocycles. The van der Waals surface area contributed by atoms with E-state index in [0.29, 0.717) is 0 Å². The third-order valence-corrected chi connectivity index (χ3v) is 2.93. The predicted octanol–water partition coefficient (Wildman–Crippen LogP) is 4.62. The fourth-order valence-electron chi connectivity index (χ4n) is 1.54. The lowest BCUT2D eigenvalue weighted by Crippen LogP contribution is -2.17. The Bertz CT molecular complexity index is 287. The van der Waals surface area contributed by atoms with Gasteiger partial charge in [0.15, 0.2) is 0 Å². The third kappa shape index (κ3) is 4.83. The quantitative estimate of drug-likeness (QED) is 0.601. The Morgan fingerprint density at radius 1 is 1.33 bits per heavy atom. The zero-order valence-electron chi connectivity index (χ0n) is 10.7. The van der Waals surface area contributed by atoms with Crippen LogP contribution in [0.5, 0.6) is 0 Å². The van der Waals surface area contributed by atoms with Crippen molar-refractivity contribution in [2.75, 3.05) is 0 Å². The van der Waals surface area contributed by atoms with Crippen LogP contribution in [-0.4, -0.2) is 0 Å². The van der Waals surface area contributed by atoms with Crippen LogP contribution in [0.15, 0.2) is 23.3 Å². The van der Waals surface area contributed by atoms with Gasteiger partial charge in [-0.05, 0) is 47.0 Å². The van der Waals surface area contributed by atoms with E-state index >= 15 is 0 Å². The molecule has 0 aromatic carbocycles. The Kier molecular flexibility index (Phi) is 6.01. The van der Waals surface area contributed by atoms with Gasteiger partial charge in [-0.3, -0.25) is 0 Å². The predicted molar refractivity (Wildman–Crippen MR) is 66.4 cm³/mol. The summed E-state index contributed by atoms with van der Waals surface area (Å²) in [5.74, 6) is 0. The van der Waals surface area contributed by atoms with Gasteiger partial charge in [-0.25, -0.2) is 0 Å². The van der Waals surface area contributed by atoms with Crippen molar-refractivity contribution in [2.45, 2.75) is 53.9 Å². The van der Waals surface area contributed by atoms with Crippen molar-refractivity contribution in [1.29, 1.82) is 5.26 Å². The average molecular weight is 205 g/mol. The molecule has 0 spiro atoms. The number of hydrogen-bond acceptors (Lipinski definition) is 1. The fourth-order valence-corrected chi connectivity index (χ4v) is 1.54. The minimum absolute atomic E-state index is 0.201. The molecule has 0 rings (SSSR count). The highest BCUT2D eigenvalue weighted by Gasteiger charge is 2.26. The summed E-state index contributed by atoms with van der Waals surface area (Å²) in [6.45, 7) is 10.4. The molecule has 0 fully saturated rings. The smallest absolute Gasteiger partial charge is 0.0696 e. The number of nitriles is 1. The van der Waals surface area contributed by atoms with Crippen molar-refractivity contribution in [3.8, 4) is 6.07 Å². The summed E-state index contributed by atoms with van der Waals surface area (Å²) in [5, 5.41) is 9.33. The van der Waals surface area contributed by atoms with Crippen molar-refractivity contribution >= 4 is 0 Å². The first-order valence-corrected chi connectivity index (χ1v) is 5.66. The van der Waals surface area contributed by atoms with Crippen LogP contribution in [0.1, 0.15) is 53.9 Å². The maximum Gasteiger partial charge on any atom is 0.0696 e. The summed E-state index contributed by atoms with van der Waals surface area (Å²) in [5.41, 5.74) is 2.40. The number of allylic oxidation sites excluding steroid dienone is 4. The SMILES string of the molecule is CC=C(C)CC(C#N)(CC)CC=C(C)C. The largest absolute Gasteiger partial charge is 0.198 e. The monoisotopic (exact) mass is 205 g/mol. The molecular weight excluding hydrogens is 182 g/mol. The van der Waals surface area contributed by atoms with E-state index in [-0.39, 0.29) is 5.41 Å². The molecule has 1 nitrogen and oxygen atoms in total. The van der Waals surface area contributed by atoms with E-state index in [1.54, 1.807) is 0 Å². The number of nitrogens with zero attached hydrogens (tertiary/aromatic N) is 1. The Balaban J connectivity index is 4.75. The second-order valence-corrected chi connectivity index (χ2v) is 4.54. The lowest BCUT2D eigenvalue weighted by Gasteiger charge is -2.24. The third-order valence-electron chi connectivity index (χ3n) is 2.93. The van der Waals surface area contributed by atoms with Crippen molar-refractivity contribution in [1.82, 2.24) is 0 Å². The highest BCUT2D eigenvalue weighted by Crippen LogP contribution is 2.34.